The number of hydrogen-bond donors (Lipinski definition) is 2. The van der Waals surface area contributed by atoms with Gasteiger partial charge in [0, 0.05) is 11.3 Å². The summed E-state index contributed by atoms with van der Waals surface area (Å²) < 4.78 is 33.5. The van der Waals surface area contributed by atoms with Gasteiger partial charge in [-0.1, -0.05) is 37.6 Å². The molecule has 0 aliphatic carbocycles. The number of carboxylic acid groups (broad SMARTS) is 1. The molecular formula is C25H24NNaO7S. The fourth-order valence-electron chi connectivity index (χ4n) is 3.38. The Balaban J connectivity index is 0.00000432. The van der Waals surface area contributed by atoms with E-state index >= 15 is 0 Å². The fraction of sp³-hybridized carbons (Fsp3) is 0.200. The van der Waals surface area contributed by atoms with Gasteiger partial charge < -0.3 is 19.7 Å². The van der Waals surface area contributed by atoms with Crippen molar-refractivity contribution in [1.29, 1.82) is 0 Å². The van der Waals surface area contributed by atoms with Crippen LogP contribution in [0.15, 0.2) is 65.6 Å². The van der Waals surface area contributed by atoms with E-state index in [9.17, 15) is 28.2 Å². The van der Waals surface area contributed by atoms with E-state index in [-0.39, 0.29) is 69.4 Å². The predicted molar refractivity (Wildman–Crippen MR) is 124 cm³/mol. The van der Waals surface area contributed by atoms with Crippen LogP contribution in [0.1, 0.15) is 52.1 Å². The number of sulfonamides is 1. The summed E-state index contributed by atoms with van der Waals surface area (Å²) in [5.74, 6) is -1.27. The molecule has 0 radical (unpaired) electrons. The van der Waals surface area contributed by atoms with Crippen LogP contribution in [0.5, 0.6) is 11.5 Å². The van der Waals surface area contributed by atoms with Crippen LogP contribution >= 0.6 is 0 Å². The van der Waals surface area contributed by atoms with Gasteiger partial charge in [0.15, 0.2) is 5.78 Å². The quantitative estimate of drug-likeness (QED) is 0.299. The molecule has 3 rings (SSSR count). The smallest absolute Gasteiger partial charge is 0.545 e. The minimum Gasteiger partial charge on any atom is -0.545 e. The summed E-state index contributed by atoms with van der Waals surface area (Å²) in [7, 11) is -3.94. The van der Waals surface area contributed by atoms with E-state index in [1.54, 1.807) is 18.2 Å². The fourth-order valence-corrected chi connectivity index (χ4v) is 4.43. The van der Waals surface area contributed by atoms with Gasteiger partial charge in [-0.05, 0) is 60.9 Å². The van der Waals surface area contributed by atoms with E-state index in [2.05, 4.69) is 4.72 Å². The Morgan fingerprint density at radius 2 is 1.74 bits per heavy atom. The number of aromatic hydroxyl groups is 1. The van der Waals surface area contributed by atoms with Gasteiger partial charge in [0.2, 0.25) is 0 Å². The summed E-state index contributed by atoms with van der Waals surface area (Å²) in [6.45, 7) is 3.46. The van der Waals surface area contributed by atoms with Crippen molar-refractivity contribution in [3.63, 3.8) is 0 Å². The van der Waals surface area contributed by atoms with Crippen molar-refractivity contribution in [2.45, 2.75) is 38.2 Å². The average molecular weight is 506 g/mol. The Kier molecular flexibility index (Phi) is 9.91. The third-order valence-corrected chi connectivity index (χ3v) is 6.49. The third-order valence-electron chi connectivity index (χ3n) is 5.10. The number of ketones is 1. The summed E-state index contributed by atoms with van der Waals surface area (Å²) in [5, 5.41) is 21.4. The van der Waals surface area contributed by atoms with Gasteiger partial charge in [0.1, 0.15) is 18.1 Å². The molecule has 0 unspecified atom stereocenters. The molecule has 2 N–H and O–H groups in total. The van der Waals surface area contributed by atoms with Crippen LogP contribution in [0.4, 0.5) is 5.69 Å². The molecule has 0 fully saturated rings. The van der Waals surface area contributed by atoms with Crippen LogP contribution in [0.3, 0.4) is 0 Å². The first-order chi connectivity index (χ1) is 16.1. The Labute approximate surface area is 226 Å². The van der Waals surface area contributed by atoms with E-state index in [4.69, 9.17) is 4.74 Å². The van der Waals surface area contributed by atoms with Crippen molar-refractivity contribution in [2.24, 2.45) is 0 Å². The van der Waals surface area contributed by atoms with Crippen LogP contribution < -0.4 is 44.1 Å². The number of carboxylic acids is 1. The Morgan fingerprint density at radius 3 is 2.34 bits per heavy atom. The zero-order chi connectivity index (χ0) is 24.9. The molecule has 3 aromatic carbocycles. The molecule has 0 aliphatic rings. The number of nitrogens with one attached hydrogen (secondary N) is 1. The first-order valence-corrected chi connectivity index (χ1v) is 12.0. The van der Waals surface area contributed by atoms with E-state index in [0.717, 1.165) is 6.42 Å². The topological polar surface area (TPSA) is 133 Å². The van der Waals surface area contributed by atoms with Gasteiger partial charge in [-0.25, -0.2) is 8.42 Å². The van der Waals surface area contributed by atoms with Crippen molar-refractivity contribution in [1.82, 2.24) is 0 Å². The maximum atomic E-state index is 12.7. The maximum absolute atomic E-state index is 12.7. The molecule has 0 atom stereocenters. The minimum atomic E-state index is -3.94. The number of phenolic OH excluding ortho intramolecular Hbond substituents is 1. The van der Waals surface area contributed by atoms with Gasteiger partial charge in [-0.3, -0.25) is 9.52 Å². The number of Topliss-reactive ketones (excluding diaryl/α,β-unsaturated/α-hetero) is 1. The Morgan fingerprint density at radius 1 is 1.06 bits per heavy atom. The molecule has 0 saturated carbocycles. The maximum Gasteiger partial charge on any atom is 1.00 e. The molecule has 178 valence electrons. The molecule has 8 nitrogen and oxygen atoms in total. The zero-order valence-electron chi connectivity index (χ0n) is 19.7. The van der Waals surface area contributed by atoms with Gasteiger partial charge >= 0.3 is 29.6 Å². The molecule has 0 aliphatic heterocycles. The first-order valence-electron chi connectivity index (χ1n) is 10.5. The predicted octanol–water partition coefficient (Wildman–Crippen LogP) is 0.295. The Hall–Kier alpha value is -2.85. The number of phenols is 1. The van der Waals surface area contributed by atoms with Crippen LogP contribution in [0.25, 0.3) is 0 Å². The van der Waals surface area contributed by atoms with Gasteiger partial charge in [0.05, 0.1) is 16.4 Å². The van der Waals surface area contributed by atoms with E-state index in [1.807, 2.05) is 6.92 Å². The summed E-state index contributed by atoms with van der Waals surface area (Å²) >= 11 is 0. The van der Waals surface area contributed by atoms with Crippen molar-refractivity contribution in [3.05, 3.63) is 82.9 Å². The number of ether oxygens (including phenoxy) is 1. The van der Waals surface area contributed by atoms with Gasteiger partial charge in [0.25, 0.3) is 10.0 Å². The molecular weight excluding hydrogens is 481 g/mol. The second kappa shape index (κ2) is 12.2. The van der Waals surface area contributed by atoms with Gasteiger partial charge in [-0.2, -0.15) is 0 Å². The molecule has 35 heavy (non-hydrogen) atoms. The summed E-state index contributed by atoms with van der Waals surface area (Å²) in [6.07, 6.45) is 1.28. The minimum absolute atomic E-state index is 0. The normalized spacial score (nSPS) is 10.8. The second-order valence-electron chi connectivity index (χ2n) is 7.65. The number of rotatable bonds is 10. The molecule has 0 amide bonds. The standard InChI is InChI=1S/C25H25NO7S.Na/c1-3-5-22-23(13-12-21(16(2)27)24(22)28)33-15-17-8-10-20(11-9-17)34(31,32)26-19-7-4-6-18(14-19)25(29)30;/h4,6-14,26,28H,3,5,15H2,1-2H3,(H,29,30);/q;+1/p-1. The number of hydrogen-bond acceptors (Lipinski definition) is 7. The second-order valence-corrected chi connectivity index (χ2v) is 9.33. The summed E-state index contributed by atoms with van der Waals surface area (Å²) in [4.78, 5) is 22.7. The van der Waals surface area contributed by atoms with Crippen LogP contribution in [-0.4, -0.2) is 25.3 Å². The van der Waals surface area contributed by atoms with E-state index in [0.29, 0.717) is 23.3 Å². The van der Waals surface area contributed by atoms with Gasteiger partial charge in [-0.15, -0.1) is 0 Å². The number of anilines is 1. The number of carbonyl (C=O) groups is 2. The largest absolute Gasteiger partial charge is 1.00 e. The molecule has 0 heterocycles. The van der Waals surface area contributed by atoms with Crippen LogP contribution in [0, 0.1) is 0 Å². The molecule has 0 spiro atoms. The van der Waals surface area contributed by atoms with Crippen LogP contribution in [0.2, 0.25) is 0 Å². The van der Waals surface area contributed by atoms with E-state index < -0.39 is 16.0 Å². The van der Waals surface area contributed by atoms with Crippen molar-refractivity contribution < 1.29 is 62.5 Å². The summed E-state index contributed by atoms with van der Waals surface area (Å²) in [5.41, 5.74) is 1.44. The average Bonchev–Trinajstić information content (AvgIpc) is 2.79. The monoisotopic (exact) mass is 505 g/mol. The molecule has 0 bridgehead atoms. The number of carbonyl (C=O) groups excluding carboxylic acids is 2. The van der Waals surface area contributed by atoms with Crippen LogP contribution in [-0.2, 0) is 23.1 Å². The zero-order valence-corrected chi connectivity index (χ0v) is 22.5. The molecule has 3 aromatic rings. The molecule has 0 aromatic heterocycles. The van der Waals surface area contributed by atoms with E-state index in [1.165, 1.54) is 49.4 Å². The Bertz CT molecular complexity index is 1320. The van der Waals surface area contributed by atoms with Crippen molar-refractivity contribution in [3.8, 4) is 11.5 Å². The molecule has 10 heteroatoms. The molecule has 0 saturated heterocycles. The third kappa shape index (κ3) is 7.08. The first kappa shape index (κ1) is 28.4. The number of aromatic carboxylic acids is 1. The summed E-state index contributed by atoms with van der Waals surface area (Å²) in [6, 6.07) is 14.5. The SMILES string of the molecule is CCCc1c(OCc2ccc(S(=O)(=O)Nc3cccc(C(=O)[O-])c3)cc2)ccc(C(C)=O)c1O.[Na+]. The number of benzene rings is 3. The van der Waals surface area contributed by atoms with Crippen molar-refractivity contribution >= 4 is 27.5 Å². The van der Waals surface area contributed by atoms with Crippen molar-refractivity contribution in [2.75, 3.05) is 4.72 Å².